The maximum atomic E-state index is 13.4. The van der Waals surface area contributed by atoms with E-state index in [4.69, 9.17) is 4.74 Å². The van der Waals surface area contributed by atoms with Crippen LogP contribution in [0.2, 0.25) is 0 Å². The van der Waals surface area contributed by atoms with Crippen LogP contribution in [-0.4, -0.2) is 27.5 Å². The molecule has 0 fully saturated rings. The van der Waals surface area contributed by atoms with Crippen molar-refractivity contribution in [3.05, 3.63) is 48.0 Å². The lowest BCUT2D eigenvalue weighted by molar-refractivity contribution is -0.127. The molecule has 156 valence electrons. The number of rotatable bonds is 5. The second kappa shape index (κ2) is 7.62. The predicted molar refractivity (Wildman–Crippen MR) is 106 cm³/mol. The third-order valence-corrected chi connectivity index (χ3v) is 5.87. The van der Waals surface area contributed by atoms with Crippen LogP contribution in [0.4, 0.5) is 20.2 Å². The van der Waals surface area contributed by atoms with Crippen molar-refractivity contribution < 1.29 is 26.7 Å². The second-order valence-electron chi connectivity index (χ2n) is 7.52. The Balaban J connectivity index is 1.96. The number of carbonyl (C=O) groups is 1. The molecule has 0 aromatic heterocycles. The molecule has 6 nitrogen and oxygen atoms in total. The molecular formula is C20H22F2N2O4S. The van der Waals surface area contributed by atoms with E-state index < -0.39 is 32.0 Å². The van der Waals surface area contributed by atoms with E-state index in [-0.39, 0.29) is 18.2 Å². The summed E-state index contributed by atoms with van der Waals surface area (Å²) in [6, 6.07) is 6.58. The fourth-order valence-corrected chi connectivity index (χ4v) is 4.14. The minimum atomic E-state index is -4.22. The Morgan fingerprint density at radius 3 is 2.41 bits per heavy atom. The van der Waals surface area contributed by atoms with E-state index in [0.717, 1.165) is 18.6 Å². The number of amides is 1. The molecule has 0 atom stereocenters. The van der Waals surface area contributed by atoms with Gasteiger partial charge in [-0.3, -0.25) is 9.52 Å². The van der Waals surface area contributed by atoms with Crippen molar-refractivity contribution in [3.63, 3.8) is 0 Å². The number of ether oxygens (including phenoxy) is 1. The fourth-order valence-electron chi connectivity index (χ4n) is 3.05. The van der Waals surface area contributed by atoms with E-state index in [2.05, 4.69) is 4.72 Å². The first-order valence-electron chi connectivity index (χ1n) is 9.11. The molecule has 1 heterocycles. The van der Waals surface area contributed by atoms with Crippen molar-refractivity contribution in [1.82, 2.24) is 0 Å². The van der Waals surface area contributed by atoms with Crippen molar-refractivity contribution in [2.24, 2.45) is 5.41 Å². The van der Waals surface area contributed by atoms with Gasteiger partial charge in [-0.15, -0.1) is 0 Å². The number of fused-ring (bicyclic) bond motifs is 1. The van der Waals surface area contributed by atoms with Crippen LogP contribution < -0.4 is 14.4 Å². The first-order valence-corrected chi connectivity index (χ1v) is 10.6. The summed E-state index contributed by atoms with van der Waals surface area (Å²) in [5.74, 6) is -1.72. The summed E-state index contributed by atoms with van der Waals surface area (Å²) in [4.78, 5) is 13.9. The summed E-state index contributed by atoms with van der Waals surface area (Å²) in [6.07, 6.45) is 0.737. The smallest absolute Gasteiger partial charge is 0.262 e. The number of nitrogens with one attached hydrogen (secondary N) is 1. The molecule has 0 saturated carbocycles. The summed E-state index contributed by atoms with van der Waals surface area (Å²) in [7, 11) is -4.22. The Morgan fingerprint density at radius 1 is 1.14 bits per heavy atom. The summed E-state index contributed by atoms with van der Waals surface area (Å²) < 4.78 is 59.9. The number of hydrogen-bond acceptors (Lipinski definition) is 4. The Morgan fingerprint density at radius 2 is 1.79 bits per heavy atom. The molecule has 1 amide bonds. The van der Waals surface area contributed by atoms with Gasteiger partial charge in [-0.05, 0) is 44.5 Å². The van der Waals surface area contributed by atoms with Gasteiger partial charge < -0.3 is 9.64 Å². The van der Waals surface area contributed by atoms with Gasteiger partial charge in [0.05, 0.1) is 21.7 Å². The number of nitrogens with zero attached hydrogens (tertiary/aromatic N) is 1. The number of benzene rings is 2. The average molecular weight is 424 g/mol. The largest absolute Gasteiger partial charge is 0.490 e. The molecular weight excluding hydrogens is 402 g/mol. The summed E-state index contributed by atoms with van der Waals surface area (Å²) in [6.45, 7) is 6.14. The Kier molecular flexibility index (Phi) is 5.53. The zero-order valence-corrected chi connectivity index (χ0v) is 17.1. The Hall–Kier alpha value is -2.68. The van der Waals surface area contributed by atoms with Crippen molar-refractivity contribution >= 4 is 27.3 Å². The van der Waals surface area contributed by atoms with Crippen molar-refractivity contribution in [2.45, 2.75) is 32.1 Å². The van der Waals surface area contributed by atoms with E-state index in [1.54, 1.807) is 24.8 Å². The van der Waals surface area contributed by atoms with Gasteiger partial charge in [0.15, 0.2) is 0 Å². The number of halogens is 2. The summed E-state index contributed by atoms with van der Waals surface area (Å²) in [5.41, 5.74) is -0.0494. The highest BCUT2D eigenvalue weighted by atomic mass is 32.2. The zero-order chi connectivity index (χ0) is 21.4. The van der Waals surface area contributed by atoms with Crippen LogP contribution in [0.5, 0.6) is 5.75 Å². The summed E-state index contributed by atoms with van der Waals surface area (Å²) in [5, 5.41) is 0. The predicted octanol–water partition coefficient (Wildman–Crippen LogP) is 3.93. The second-order valence-corrected chi connectivity index (χ2v) is 9.20. The molecule has 0 spiro atoms. The Labute approximate surface area is 168 Å². The van der Waals surface area contributed by atoms with Gasteiger partial charge in [0.25, 0.3) is 10.0 Å². The molecule has 0 bridgehead atoms. The van der Waals surface area contributed by atoms with Crippen molar-refractivity contribution in [3.8, 4) is 5.75 Å². The van der Waals surface area contributed by atoms with Gasteiger partial charge in [-0.25, -0.2) is 17.2 Å². The summed E-state index contributed by atoms with van der Waals surface area (Å²) >= 11 is 0. The average Bonchev–Trinajstić information content (AvgIpc) is 2.71. The molecule has 1 aliphatic rings. The number of hydrogen-bond donors (Lipinski definition) is 1. The van der Waals surface area contributed by atoms with E-state index in [1.165, 1.54) is 12.1 Å². The van der Waals surface area contributed by atoms with E-state index in [9.17, 15) is 22.0 Å². The van der Waals surface area contributed by atoms with Gasteiger partial charge in [-0.1, -0.05) is 6.92 Å². The SMILES string of the molecule is CCCN1C(=O)C(C)(C)COc2cc(NS(=O)(=O)c3cc(F)cc(F)c3)ccc21. The quantitative estimate of drug-likeness (QED) is 0.789. The maximum Gasteiger partial charge on any atom is 0.262 e. The van der Waals surface area contributed by atoms with Crippen molar-refractivity contribution in [1.29, 1.82) is 0 Å². The highest BCUT2D eigenvalue weighted by molar-refractivity contribution is 7.92. The van der Waals surface area contributed by atoms with E-state index >= 15 is 0 Å². The molecule has 0 radical (unpaired) electrons. The number of sulfonamides is 1. The topological polar surface area (TPSA) is 75.7 Å². The maximum absolute atomic E-state index is 13.4. The first kappa shape index (κ1) is 21.0. The third-order valence-electron chi connectivity index (χ3n) is 4.51. The molecule has 0 unspecified atom stereocenters. The molecule has 1 aliphatic heterocycles. The van der Waals surface area contributed by atoms with E-state index in [1.807, 2.05) is 6.92 Å². The van der Waals surface area contributed by atoms with Crippen LogP contribution in [-0.2, 0) is 14.8 Å². The Bertz CT molecular complexity index is 1030. The van der Waals surface area contributed by atoms with Crippen LogP contribution in [0.25, 0.3) is 0 Å². The molecule has 0 saturated heterocycles. The van der Waals surface area contributed by atoms with Crippen molar-refractivity contribution in [2.75, 3.05) is 22.8 Å². The first-order chi connectivity index (χ1) is 13.5. The van der Waals surface area contributed by atoms with Crippen LogP contribution in [0.1, 0.15) is 27.2 Å². The van der Waals surface area contributed by atoms with Gasteiger partial charge in [0, 0.05) is 18.7 Å². The standard InChI is InChI=1S/C20H22F2N2O4S/c1-4-7-24-17-6-5-15(11-18(17)28-12-20(2,3)19(24)25)23-29(26,27)16-9-13(21)8-14(22)10-16/h5-6,8-11,23H,4,7,12H2,1-3H3. The zero-order valence-electron chi connectivity index (χ0n) is 16.3. The lowest BCUT2D eigenvalue weighted by Gasteiger charge is -2.27. The molecule has 0 aliphatic carbocycles. The number of carbonyl (C=O) groups excluding carboxylic acids is 1. The van der Waals surface area contributed by atoms with Gasteiger partial charge in [0.1, 0.15) is 24.0 Å². The third kappa shape index (κ3) is 4.34. The molecule has 3 rings (SSSR count). The molecule has 1 N–H and O–H groups in total. The van der Waals surface area contributed by atoms with Crippen LogP contribution in [0, 0.1) is 17.0 Å². The molecule has 29 heavy (non-hydrogen) atoms. The highest BCUT2D eigenvalue weighted by Gasteiger charge is 2.37. The van der Waals surface area contributed by atoms with Crippen LogP contribution >= 0.6 is 0 Å². The molecule has 2 aromatic carbocycles. The minimum Gasteiger partial charge on any atom is -0.490 e. The fraction of sp³-hybridized carbons (Fsp3) is 0.350. The van der Waals surface area contributed by atoms with E-state index in [0.29, 0.717) is 24.0 Å². The molecule has 2 aromatic rings. The van der Waals surface area contributed by atoms with Gasteiger partial charge in [-0.2, -0.15) is 0 Å². The minimum absolute atomic E-state index is 0.0818. The normalized spacial score (nSPS) is 16.0. The monoisotopic (exact) mass is 424 g/mol. The van der Waals surface area contributed by atoms with Gasteiger partial charge >= 0.3 is 0 Å². The molecule has 9 heteroatoms. The number of anilines is 2. The lowest BCUT2D eigenvalue weighted by Crippen LogP contribution is -2.42. The highest BCUT2D eigenvalue weighted by Crippen LogP contribution is 2.38. The lowest BCUT2D eigenvalue weighted by atomic mass is 9.93. The van der Waals surface area contributed by atoms with Crippen LogP contribution in [0.3, 0.4) is 0 Å². The van der Waals surface area contributed by atoms with Crippen LogP contribution in [0.15, 0.2) is 41.3 Å². The van der Waals surface area contributed by atoms with Gasteiger partial charge in [0.2, 0.25) is 5.91 Å².